The quantitative estimate of drug-likeness (QED) is 0.728. The summed E-state index contributed by atoms with van der Waals surface area (Å²) in [5.74, 6) is 0. The van der Waals surface area contributed by atoms with Gasteiger partial charge in [0.1, 0.15) is 0 Å². The van der Waals surface area contributed by atoms with Crippen LogP contribution in [-0.2, 0) is 12.1 Å². The normalized spacial score (nSPS) is 18.4. The van der Waals surface area contributed by atoms with E-state index in [-0.39, 0.29) is 5.54 Å². The van der Waals surface area contributed by atoms with E-state index in [2.05, 4.69) is 68.8 Å². The Hall–Kier alpha value is -2.11. The van der Waals surface area contributed by atoms with Gasteiger partial charge in [-0.1, -0.05) is 0 Å². The number of aromatic nitrogens is 2. The molecule has 4 heterocycles. The molecule has 1 N–H and O–H groups in total. The minimum Gasteiger partial charge on any atom is -0.372 e. The maximum absolute atomic E-state index is 4.23. The number of nitrogens with zero attached hydrogens (tertiary/aromatic N) is 3. The fraction of sp³-hybridized carbons (Fsp3) is 0.381. The zero-order chi connectivity index (χ0) is 17.7. The molecule has 5 heteroatoms. The molecule has 2 aromatic heterocycles. The Morgan fingerprint density at radius 3 is 2.77 bits per heavy atom. The fourth-order valence-corrected chi connectivity index (χ4v) is 4.97. The minimum absolute atomic E-state index is 0.0432. The summed E-state index contributed by atoms with van der Waals surface area (Å²) in [6.45, 7) is 7.62. The van der Waals surface area contributed by atoms with Gasteiger partial charge in [0.2, 0.25) is 0 Å². The van der Waals surface area contributed by atoms with Gasteiger partial charge in [-0.3, -0.25) is 4.90 Å². The second kappa shape index (κ2) is 5.96. The maximum Gasteiger partial charge on any atom is 0.0804 e. The summed E-state index contributed by atoms with van der Waals surface area (Å²) in [6, 6.07) is 9.11. The summed E-state index contributed by atoms with van der Waals surface area (Å²) in [5, 5.41) is 6.11. The standard InChI is InChI=1S/C21H24N4S/c1-15-10-18-19(11-16(15)2)25-7-3-4-20(25)21(23-18)5-8-24(9-6-21)13-17-12-22-26-14-17/h3-4,7,10-12,14,23H,5-6,8-9,13H2,1-2H3. The van der Waals surface area contributed by atoms with Gasteiger partial charge < -0.3 is 9.88 Å². The van der Waals surface area contributed by atoms with Crippen LogP contribution in [0.1, 0.15) is 35.2 Å². The SMILES string of the molecule is Cc1cc2c(cc1C)-n1cccc1C1(CCN(Cc3cnsc3)CC1)N2. The van der Waals surface area contributed by atoms with E-state index < -0.39 is 0 Å². The lowest BCUT2D eigenvalue weighted by Gasteiger charge is -2.46. The van der Waals surface area contributed by atoms with Gasteiger partial charge in [0.05, 0.1) is 16.9 Å². The monoisotopic (exact) mass is 364 g/mol. The lowest BCUT2D eigenvalue weighted by molar-refractivity contribution is 0.162. The summed E-state index contributed by atoms with van der Waals surface area (Å²) < 4.78 is 6.63. The maximum atomic E-state index is 4.23. The number of likely N-dealkylation sites (tertiary alicyclic amines) is 1. The van der Waals surface area contributed by atoms with Crippen LogP contribution in [0.2, 0.25) is 0 Å². The van der Waals surface area contributed by atoms with Crippen molar-refractivity contribution in [2.24, 2.45) is 0 Å². The molecule has 0 saturated carbocycles. The van der Waals surface area contributed by atoms with Gasteiger partial charge >= 0.3 is 0 Å². The van der Waals surface area contributed by atoms with E-state index >= 15 is 0 Å². The van der Waals surface area contributed by atoms with Crippen LogP contribution in [-0.4, -0.2) is 26.9 Å². The first-order valence-corrected chi connectivity index (χ1v) is 10.2. The highest BCUT2D eigenvalue weighted by Gasteiger charge is 2.41. The van der Waals surface area contributed by atoms with Gasteiger partial charge in [0.15, 0.2) is 0 Å². The topological polar surface area (TPSA) is 33.1 Å². The van der Waals surface area contributed by atoms with Crippen LogP contribution in [0.15, 0.2) is 42.0 Å². The third-order valence-electron chi connectivity index (χ3n) is 6.08. The predicted octanol–water partition coefficient (Wildman–Crippen LogP) is 4.47. The lowest BCUT2D eigenvalue weighted by atomic mass is 9.82. The molecule has 26 heavy (non-hydrogen) atoms. The van der Waals surface area contributed by atoms with Crippen molar-refractivity contribution in [2.45, 2.75) is 38.8 Å². The Bertz CT molecular complexity index is 933. The summed E-state index contributed by atoms with van der Waals surface area (Å²) in [4.78, 5) is 2.56. The second-order valence-electron chi connectivity index (χ2n) is 7.73. The van der Waals surface area contributed by atoms with Crippen molar-refractivity contribution in [1.82, 2.24) is 13.8 Å². The molecule has 0 radical (unpaired) electrons. The van der Waals surface area contributed by atoms with E-state index in [9.17, 15) is 0 Å². The van der Waals surface area contributed by atoms with Gasteiger partial charge in [-0.2, -0.15) is 0 Å². The van der Waals surface area contributed by atoms with Gasteiger partial charge in [-0.15, -0.1) is 0 Å². The van der Waals surface area contributed by atoms with Crippen molar-refractivity contribution in [1.29, 1.82) is 0 Å². The van der Waals surface area contributed by atoms with Crippen LogP contribution in [0.5, 0.6) is 0 Å². The van der Waals surface area contributed by atoms with Gasteiger partial charge in [-0.05, 0) is 79.2 Å². The molecule has 1 fully saturated rings. The van der Waals surface area contributed by atoms with E-state index in [0.29, 0.717) is 0 Å². The number of piperidine rings is 1. The minimum atomic E-state index is 0.0432. The van der Waals surface area contributed by atoms with Gasteiger partial charge in [-0.25, -0.2) is 4.37 Å². The van der Waals surface area contributed by atoms with Crippen LogP contribution >= 0.6 is 11.5 Å². The van der Waals surface area contributed by atoms with E-state index in [1.807, 2.05) is 6.20 Å². The van der Waals surface area contributed by atoms with Crippen LogP contribution < -0.4 is 5.32 Å². The van der Waals surface area contributed by atoms with Crippen molar-refractivity contribution in [3.63, 3.8) is 0 Å². The van der Waals surface area contributed by atoms with Crippen molar-refractivity contribution >= 4 is 17.2 Å². The van der Waals surface area contributed by atoms with E-state index in [4.69, 9.17) is 0 Å². The average molecular weight is 365 g/mol. The summed E-state index contributed by atoms with van der Waals surface area (Å²) >= 11 is 1.54. The smallest absolute Gasteiger partial charge is 0.0804 e. The molecule has 1 spiro atoms. The Kier molecular flexibility index (Phi) is 3.69. The lowest BCUT2D eigenvalue weighted by Crippen LogP contribution is -2.49. The van der Waals surface area contributed by atoms with E-state index in [0.717, 1.165) is 32.5 Å². The number of fused-ring (bicyclic) bond motifs is 4. The number of anilines is 1. The largest absolute Gasteiger partial charge is 0.372 e. The molecule has 0 aliphatic carbocycles. The molecule has 3 aromatic rings. The van der Waals surface area contributed by atoms with Crippen molar-refractivity contribution in [3.05, 3.63) is 64.4 Å². The first-order valence-electron chi connectivity index (χ1n) is 9.33. The third-order valence-corrected chi connectivity index (χ3v) is 6.72. The Morgan fingerprint density at radius 1 is 1.19 bits per heavy atom. The molecule has 134 valence electrons. The molecule has 0 unspecified atom stereocenters. The summed E-state index contributed by atoms with van der Waals surface area (Å²) in [7, 11) is 0. The molecule has 5 rings (SSSR count). The zero-order valence-electron chi connectivity index (χ0n) is 15.3. The molecular weight excluding hydrogens is 340 g/mol. The highest BCUT2D eigenvalue weighted by molar-refractivity contribution is 7.03. The number of rotatable bonds is 2. The molecule has 4 nitrogen and oxygen atoms in total. The molecule has 0 atom stereocenters. The highest BCUT2D eigenvalue weighted by Crippen LogP contribution is 2.44. The first-order chi connectivity index (χ1) is 12.6. The molecule has 2 aliphatic rings. The summed E-state index contributed by atoms with van der Waals surface area (Å²) in [6.07, 6.45) is 6.47. The molecule has 0 amide bonds. The predicted molar refractivity (Wildman–Crippen MR) is 107 cm³/mol. The Labute approximate surface area is 158 Å². The van der Waals surface area contributed by atoms with Crippen LogP contribution in [0.3, 0.4) is 0 Å². The highest BCUT2D eigenvalue weighted by atomic mass is 32.1. The molecule has 1 saturated heterocycles. The van der Waals surface area contributed by atoms with E-state index in [1.54, 1.807) is 11.5 Å². The van der Waals surface area contributed by atoms with Gasteiger partial charge in [0.25, 0.3) is 0 Å². The molecular formula is C21H24N4S. The second-order valence-corrected chi connectivity index (χ2v) is 8.39. The summed E-state index contributed by atoms with van der Waals surface area (Å²) in [5.41, 5.74) is 8.04. The van der Waals surface area contributed by atoms with E-state index in [1.165, 1.54) is 33.8 Å². The number of aryl methyl sites for hydroxylation is 2. The Morgan fingerprint density at radius 2 is 2.00 bits per heavy atom. The molecule has 0 bridgehead atoms. The van der Waals surface area contributed by atoms with Crippen LogP contribution in [0.25, 0.3) is 5.69 Å². The molecule has 1 aromatic carbocycles. The first kappa shape index (κ1) is 16.1. The zero-order valence-corrected chi connectivity index (χ0v) is 16.1. The number of nitrogens with one attached hydrogen (secondary N) is 1. The average Bonchev–Trinajstić information content (AvgIpc) is 3.31. The number of hydrogen-bond acceptors (Lipinski definition) is 4. The van der Waals surface area contributed by atoms with Crippen LogP contribution in [0.4, 0.5) is 5.69 Å². The van der Waals surface area contributed by atoms with Crippen molar-refractivity contribution in [3.8, 4) is 5.69 Å². The molecule has 2 aliphatic heterocycles. The van der Waals surface area contributed by atoms with Crippen molar-refractivity contribution < 1.29 is 0 Å². The Balaban J connectivity index is 1.45. The fourth-order valence-electron chi connectivity index (χ4n) is 4.44. The third kappa shape index (κ3) is 2.49. The number of hydrogen-bond donors (Lipinski definition) is 1. The van der Waals surface area contributed by atoms with Gasteiger partial charge in [0, 0.05) is 43.1 Å². The number of benzene rings is 1. The van der Waals surface area contributed by atoms with Crippen molar-refractivity contribution in [2.75, 3.05) is 18.4 Å². The van der Waals surface area contributed by atoms with Crippen LogP contribution in [0, 0.1) is 13.8 Å².